The van der Waals surface area contributed by atoms with E-state index in [1.165, 1.54) is 19.3 Å². The summed E-state index contributed by atoms with van der Waals surface area (Å²) in [5.74, 6) is 1.09. The van der Waals surface area contributed by atoms with Crippen LogP contribution in [0.25, 0.3) is 0 Å². The van der Waals surface area contributed by atoms with Crippen molar-refractivity contribution < 1.29 is 0 Å². The van der Waals surface area contributed by atoms with Crippen molar-refractivity contribution in [2.75, 3.05) is 0 Å². The standard InChI is InChI=1S/C11H12.C7H7Cl.2C2H6/c1-2-4-10(5-3-1)11-6-9(7-11)8-11;1-6-4-2-3-5-7(6)8;2*1-2/h1-5,9H,6-8H2;2-5H,1H3;2*1-2H3. The lowest BCUT2D eigenvalue weighted by molar-refractivity contribution is -0.0273. The minimum atomic E-state index is 0.659. The highest BCUT2D eigenvalue weighted by Gasteiger charge is 2.56. The zero-order valence-corrected chi connectivity index (χ0v) is 16.0. The molecular formula is C22H31Cl. The highest BCUT2D eigenvalue weighted by atomic mass is 35.5. The van der Waals surface area contributed by atoms with Crippen LogP contribution < -0.4 is 0 Å². The SMILES string of the molecule is CC.CC.Cc1ccccc1Cl.c1ccc(C23CC(C2)C3)cc1. The van der Waals surface area contributed by atoms with Crippen molar-refractivity contribution in [1.82, 2.24) is 0 Å². The molecule has 0 aromatic heterocycles. The molecule has 2 aromatic rings. The minimum absolute atomic E-state index is 0.659. The van der Waals surface area contributed by atoms with Crippen LogP contribution in [0.5, 0.6) is 0 Å². The molecule has 0 unspecified atom stereocenters. The first-order chi connectivity index (χ1) is 11.2. The van der Waals surface area contributed by atoms with Crippen LogP contribution in [-0.4, -0.2) is 0 Å². The molecule has 1 heteroatoms. The van der Waals surface area contributed by atoms with Crippen LogP contribution in [0.3, 0.4) is 0 Å². The summed E-state index contributed by atoms with van der Waals surface area (Å²) in [5, 5.41) is 0.840. The maximum Gasteiger partial charge on any atom is 0.0435 e. The second-order valence-electron chi connectivity index (χ2n) is 5.87. The smallest absolute Gasteiger partial charge is 0.0435 e. The zero-order valence-electron chi connectivity index (χ0n) is 15.3. The average molecular weight is 331 g/mol. The molecule has 23 heavy (non-hydrogen) atoms. The lowest BCUT2D eigenvalue weighted by Crippen LogP contribution is -2.55. The van der Waals surface area contributed by atoms with Crippen LogP contribution in [0.1, 0.15) is 58.1 Å². The molecule has 0 atom stereocenters. The van der Waals surface area contributed by atoms with Gasteiger partial charge in [0.2, 0.25) is 0 Å². The van der Waals surface area contributed by atoms with Gasteiger partial charge < -0.3 is 0 Å². The third-order valence-electron chi connectivity index (χ3n) is 4.50. The first-order valence-corrected chi connectivity index (χ1v) is 9.34. The van der Waals surface area contributed by atoms with Crippen LogP contribution in [0.2, 0.25) is 5.02 Å². The monoisotopic (exact) mass is 330 g/mol. The molecule has 0 heterocycles. The van der Waals surface area contributed by atoms with Gasteiger partial charge in [0.15, 0.2) is 0 Å². The van der Waals surface area contributed by atoms with Gasteiger partial charge in [-0.05, 0) is 54.7 Å². The molecule has 2 aromatic carbocycles. The molecule has 0 saturated heterocycles. The summed E-state index contributed by atoms with van der Waals surface area (Å²) in [4.78, 5) is 0. The fourth-order valence-corrected chi connectivity index (χ4v) is 3.31. The van der Waals surface area contributed by atoms with Crippen molar-refractivity contribution >= 4 is 11.6 Å². The third-order valence-corrected chi connectivity index (χ3v) is 4.93. The lowest BCUT2D eigenvalue weighted by atomic mass is 9.42. The van der Waals surface area contributed by atoms with Crippen molar-refractivity contribution in [3.05, 3.63) is 70.7 Å². The van der Waals surface area contributed by atoms with Crippen LogP contribution in [0.4, 0.5) is 0 Å². The Hall–Kier alpha value is -1.27. The Labute approximate surface area is 147 Å². The molecule has 3 saturated carbocycles. The Morgan fingerprint density at radius 2 is 1.26 bits per heavy atom. The van der Waals surface area contributed by atoms with Crippen LogP contribution in [0.15, 0.2) is 54.6 Å². The molecule has 0 N–H and O–H groups in total. The van der Waals surface area contributed by atoms with E-state index in [2.05, 4.69) is 30.3 Å². The summed E-state index contributed by atoms with van der Waals surface area (Å²) >= 11 is 5.71. The summed E-state index contributed by atoms with van der Waals surface area (Å²) in [7, 11) is 0. The highest BCUT2D eigenvalue weighted by Crippen LogP contribution is 2.64. The molecule has 0 amide bonds. The van der Waals surface area contributed by atoms with Gasteiger partial charge in [0.05, 0.1) is 0 Å². The topological polar surface area (TPSA) is 0 Å². The second-order valence-corrected chi connectivity index (χ2v) is 6.28. The predicted octanol–water partition coefficient (Wildman–Crippen LogP) is 7.44. The Bertz CT molecular complexity index is 521. The maximum atomic E-state index is 5.71. The molecule has 126 valence electrons. The fourth-order valence-electron chi connectivity index (χ4n) is 3.17. The van der Waals surface area contributed by atoms with E-state index < -0.39 is 0 Å². The van der Waals surface area contributed by atoms with E-state index in [9.17, 15) is 0 Å². The van der Waals surface area contributed by atoms with Crippen molar-refractivity contribution in [3.63, 3.8) is 0 Å². The number of halogens is 1. The van der Waals surface area contributed by atoms with Gasteiger partial charge in [-0.25, -0.2) is 0 Å². The second kappa shape index (κ2) is 9.78. The molecule has 0 spiro atoms. The molecule has 0 radical (unpaired) electrons. The van der Waals surface area contributed by atoms with Gasteiger partial charge in [0, 0.05) is 5.02 Å². The predicted molar refractivity (Wildman–Crippen MR) is 104 cm³/mol. The summed E-state index contributed by atoms with van der Waals surface area (Å²) in [5.41, 5.74) is 3.38. The molecule has 3 aliphatic carbocycles. The van der Waals surface area contributed by atoms with Gasteiger partial charge in [-0.2, -0.15) is 0 Å². The fraction of sp³-hybridized carbons (Fsp3) is 0.455. The van der Waals surface area contributed by atoms with Crippen LogP contribution in [0, 0.1) is 12.8 Å². The molecule has 0 aliphatic heterocycles. The number of rotatable bonds is 1. The quantitative estimate of drug-likeness (QED) is 0.509. The van der Waals surface area contributed by atoms with Crippen molar-refractivity contribution in [2.24, 2.45) is 5.92 Å². The van der Waals surface area contributed by atoms with Gasteiger partial charge in [0.1, 0.15) is 0 Å². The van der Waals surface area contributed by atoms with E-state index in [-0.39, 0.29) is 0 Å². The van der Waals surface area contributed by atoms with E-state index >= 15 is 0 Å². The Balaban J connectivity index is 0.000000197. The molecule has 3 fully saturated rings. The molecule has 5 rings (SSSR count). The minimum Gasteiger partial charge on any atom is -0.0841 e. The Morgan fingerprint density at radius 1 is 0.783 bits per heavy atom. The van der Waals surface area contributed by atoms with Crippen molar-refractivity contribution in [2.45, 2.75) is 59.3 Å². The van der Waals surface area contributed by atoms with E-state index in [1.54, 1.807) is 5.56 Å². The molecular weight excluding hydrogens is 300 g/mol. The van der Waals surface area contributed by atoms with Gasteiger partial charge >= 0.3 is 0 Å². The number of hydrogen-bond acceptors (Lipinski definition) is 0. The Morgan fingerprint density at radius 3 is 1.61 bits per heavy atom. The van der Waals surface area contributed by atoms with E-state index in [1.807, 2.05) is 58.9 Å². The Kier molecular flexibility index (Phi) is 8.41. The van der Waals surface area contributed by atoms with Gasteiger partial charge in [0.25, 0.3) is 0 Å². The summed E-state index contributed by atoms with van der Waals surface area (Å²) < 4.78 is 0. The van der Waals surface area contributed by atoms with Crippen LogP contribution >= 0.6 is 11.6 Å². The molecule has 2 bridgehead atoms. The van der Waals surface area contributed by atoms with Crippen LogP contribution in [-0.2, 0) is 5.41 Å². The van der Waals surface area contributed by atoms with Gasteiger partial charge in [-0.1, -0.05) is 87.8 Å². The summed E-state index contributed by atoms with van der Waals surface area (Å²) in [6.07, 6.45) is 4.41. The largest absolute Gasteiger partial charge is 0.0841 e. The normalized spacial score (nSPS) is 22.4. The third kappa shape index (κ3) is 4.85. The first kappa shape index (κ1) is 19.8. The van der Waals surface area contributed by atoms with Crippen molar-refractivity contribution in [1.29, 1.82) is 0 Å². The van der Waals surface area contributed by atoms with E-state index in [4.69, 9.17) is 11.6 Å². The van der Waals surface area contributed by atoms with E-state index in [0.29, 0.717) is 5.41 Å². The van der Waals surface area contributed by atoms with Crippen molar-refractivity contribution in [3.8, 4) is 0 Å². The summed E-state index contributed by atoms with van der Waals surface area (Å²) in [6, 6.07) is 18.8. The molecule has 3 aliphatic rings. The van der Waals surface area contributed by atoms with Gasteiger partial charge in [-0.15, -0.1) is 0 Å². The molecule has 0 nitrogen and oxygen atoms in total. The maximum absolute atomic E-state index is 5.71. The first-order valence-electron chi connectivity index (χ1n) is 8.96. The average Bonchev–Trinajstić information content (AvgIpc) is 2.53. The number of hydrogen-bond donors (Lipinski definition) is 0. The lowest BCUT2D eigenvalue weighted by Gasteiger charge is -2.62. The van der Waals surface area contributed by atoms with Gasteiger partial charge in [-0.3, -0.25) is 0 Å². The highest BCUT2D eigenvalue weighted by molar-refractivity contribution is 6.31. The number of benzene rings is 2. The number of aryl methyl sites for hydroxylation is 1. The zero-order chi connectivity index (χ0) is 17.3. The van der Waals surface area contributed by atoms with E-state index in [0.717, 1.165) is 16.5 Å². The summed E-state index contributed by atoms with van der Waals surface area (Å²) in [6.45, 7) is 9.99.